The number of hydrogen-bond acceptors (Lipinski definition) is 44. The van der Waals surface area contributed by atoms with Crippen LogP contribution in [0.25, 0.3) is 0 Å². The molecule has 0 saturated carbocycles. The summed E-state index contributed by atoms with van der Waals surface area (Å²) in [5.74, 6) is -23.3. The number of carbonyl (C=O) groups is 7. The fourth-order valence-electron chi connectivity index (χ4n) is 13.7. The van der Waals surface area contributed by atoms with Gasteiger partial charge in [-0.15, -0.1) is 0 Å². The molecule has 0 aromatic heterocycles. The third-order valence-electron chi connectivity index (χ3n) is 19.3. The molecular weight excluding hydrogens is 1520 g/mol. The molecule has 0 spiro atoms. The molecule has 7 rings (SSSR count). The minimum Gasteiger partial charge on any atom is -0.477 e. The maximum atomic E-state index is 14.2. The van der Waals surface area contributed by atoms with Crippen LogP contribution in [0.4, 0.5) is 0 Å². The van der Waals surface area contributed by atoms with Crippen LogP contribution in [-0.2, 0) is 95.1 Å². The minimum absolute atomic E-state index is 0.791. The van der Waals surface area contributed by atoms with Crippen LogP contribution in [0.3, 0.4) is 0 Å². The smallest absolute Gasteiger partial charge is 0.364 e. The SMILES string of the molecule is CC(=O)N[C@H]1[C@H](O[C@@H]2[C@H](O[C@]3(C(=O)O)C[C@H](O)[C@@H](NC(=O)CO)[C@H]([C@H](O)[C@@H](CO)O[C@]4(C(=O)O)C[C@H](O)[C@@H](NC(C)=O)[C@H]([C@H](O)[C@@H](CO)O[C@]5(C(=O)O)C[C@H](O)[C@@H](NC(=O)CO)[C@H]([C@H](O)[C@H](O)CO)O5)O4)O3)[C@@H](O)[C@H](O[C@H]3[C@@H](O)[C@@H](O)[C@H](O)O[C@@H]3CO)O[C@@H]2CO)O[C@H](CO)[C@H](O)[C@@H]1O[C@@H]1O[C@H](CO)[C@H](O)[C@H](O)[C@H]1O. The summed E-state index contributed by atoms with van der Waals surface area (Å²) in [4.78, 5) is 92.6. The third kappa shape index (κ3) is 19.8. The fraction of sp³-hybridized carbons (Fsp3) is 0.881. The zero-order chi connectivity index (χ0) is 82.3. The molecule has 0 aromatic rings. The quantitative estimate of drug-likeness (QED) is 0.0284. The minimum atomic E-state index is -3.84. The summed E-state index contributed by atoms with van der Waals surface area (Å²) in [5, 5.41) is 304. The molecule has 51 nitrogen and oxygen atoms in total. The van der Waals surface area contributed by atoms with Gasteiger partial charge in [0.05, 0.1) is 82.7 Å². The van der Waals surface area contributed by atoms with E-state index in [4.69, 9.17) is 61.6 Å². The second-order valence-corrected chi connectivity index (χ2v) is 26.8. The highest BCUT2D eigenvalue weighted by molar-refractivity contribution is 5.80. The molecule has 38 atom stereocenters. The van der Waals surface area contributed by atoms with Gasteiger partial charge in [-0.25, -0.2) is 14.4 Å². The van der Waals surface area contributed by atoms with Gasteiger partial charge in [0.25, 0.3) is 17.4 Å². The van der Waals surface area contributed by atoms with Crippen LogP contribution in [0.15, 0.2) is 0 Å². The van der Waals surface area contributed by atoms with Crippen LogP contribution in [-0.4, -0.2) is 470 Å². The van der Waals surface area contributed by atoms with E-state index >= 15 is 0 Å². The van der Waals surface area contributed by atoms with E-state index in [1.165, 1.54) is 0 Å². The van der Waals surface area contributed by atoms with Gasteiger partial charge in [-0.1, -0.05) is 0 Å². The Balaban J connectivity index is 1.31. The molecule has 7 heterocycles. The molecule has 0 aliphatic carbocycles. The molecule has 0 radical (unpaired) electrons. The van der Waals surface area contributed by atoms with Gasteiger partial charge in [-0.2, -0.15) is 0 Å². The number of aliphatic hydroxyl groups excluding tert-OH is 24. The first kappa shape index (κ1) is 92.0. The number of nitrogens with one attached hydrogen (secondary N) is 4. The summed E-state index contributed by atoms with van der Waals surface area (Å²) in [5.41, 5.74) is 0. The number of rotatable bonds is 34. The molecular formula is C59H96N4O47. The molecule has 4 amide bonds. The first-order chi connectivity index (χ1) is 51.7. The molecule has 7 fully saturated rings. The van der Waals surface area contributed by atoms with E-state index in [1.807, 2.05) is 10.6 Å². The number of carboxylic acid groups (broad SMARTS) is 3. The Morgan fingerprint density at radius 1 is 0.391 bits per heavy atom. The van der Waals surface area contributed by atoms with E-state index in [0.29, 0.717) is 0 Å². The van der Waals surface area contributed by atoms with Crippen molar-refractivity contribution in [2.24, 2.45) is 0 Å². The normalized spacial score (nSPS) is 42.8. The average molecular weight is 1610 g/mol. The molecule has 31 N–H and O–H groups in total. The average Bonchev–Trinajstić information content (AvgIpc) is 0.748. The Morgan fingerprint density at radius 2 is 0.773 bits per heavy atom. The number of carbonyl (C=O) groups excluding carboxylic acids is 4. The van der Waals surface area contributed by atoms with E-state index in [9.17, 15) is 171 Å². The summed E-state index contributed by atoms with van der Waals surface area (Å²) in [6, 6.07) is -8.61. The number of aliphatic carboxylic acids is 3. The van der Waals surface area contributed by atoms with Gasteiger partial charge < -0.3 is 221 Å². The molecule has 7 saturated heterocycles. The molecule has 7 aliphatic heterocycles. The van der Waals surface area contributed by atoms with Crippen LogP contribution in [0.1, 0.15) is 33.1 Å². The lowest BCUT2D eigenvalue weighted by Gasteiger charge is -2.53. The third-order valence-corrected chi connectivity index (χ3v) is 19.3. The first-order valence-corrected chi connectivity index (χ1v) is 33.8. The van der Waals surface area contributed by atoms with Crippen molar-refractivity contribution in [3.8, 4) is 0 Å². The van der Waals surface area contributed by atoms with E-state index in [0.717, 1.165) is 13.8 Å². The Morgan fingerprint density at radius 3 is 1.21 bits per heavy atom. The van der Waals surface area contributed by atoms with Crippen molar-refractivity contribution in [3.05, 3.63) is 0 Å². The highest BCUT2D eigenvalue weighted by Gasteiger charge is 2.66. The predicted molar refractivity (Wildman–Crippen MR) is 333 cm³/mol. The molecule has 51 heteroatoms. The number of amides is 4. The Hall–Kier alpha value is -5.19. The van der Waals surface area contributed by atoms with Crippen molar-refractivity contribution in [3.63, 3.8) is 0 Å². The van der Waals surface area contributed by atoms with Crippen molar-refractivity contribution in [2.75, 3.05) is 59.5 Å². The number of hydrogen-bond donors (Lipinski definition) is 31. The zero-order valence-electron chi connectivity index (χ0n) is 57.9. The largest absolute Gasteiger partial charge is 0.477 e. The fourth-order valence-corrected chi connectivity index (χ4v) is 13.7. The molecule has 634 valence electrons. The standard InChI is InChI=1S/C59H96N4O47/c1-15(73)60-29-17(75)3-58(55(94)95,108-47(29)36(84)23(9-67)105-57(54(92)93)4-18(76)30(62-27(79)13-71)46(107-57)33(81)20(78)6-64)106-24(10-68)37(85)48-31(63-28(80)14-72)19(77)5-59(109-48,56(96)97)110-49-42(90)53(102-43-25(11-69)98-50(91)40(88)39(43)87)101-26(12-70)44(49)103-51-32(61-16(2)74)45(35(83)22(8-66)99-51)104-52-41(89)38(86)34(82)21(7-65)100-52/h17-26,29-53,64-72,75-78,81-91H,3-14H2,1-2H3,(H,60,73)(H,61,74)(H,62,79)(H,63,80)(H,92,93)(H,94,95)(H,96,97)/t17-,18-,19-,20+,21+,22+,23+,24+,25+,26+,29+,30+,31+,32+,33+,34-,35-,36+,37+,38-,39-,40+,41+,42+,43+,44-,45+,46+,47+,48+,49+,50+,51-,52-,53-,57+,58+,59-/m0/s1. The topological polar surface area (TPSA) is 834 Å². The van der Waals surface area contributed by atoms with Crippen molar-refractivity contribution in [2.45, 2.75) is 265 Å². The Labute approximate surface area is 618 Å². The maximum absolute atomic E-state index is 14.2. The Kier molecular flexibility index (Phi) is 32.6. The summed E-state index contributed by atoms with van der Waals surface area (Å²) in [6.45, 7) is -10.8. The second kappa shape index (κ2) is 39.0. The summed E-state index contributed by atoms with van der Waals surface area (Å²) < 4.78 is 75.0. The van der Waals surface area contributed by atoms with Crippen LogP contribution in [0, 0.1) is 0 Å². The molecule has 110 heavy (non-hydrogen) atoms. The molecule has 0 aromatic carbocycles. The predicted octanol–water partition coefficient (Wildman–Crippen LogP) is -20.1. The molecule has 7 aliphatic rings. The summed E-state index contributed by atoms with van der Waals surface area (Å²) in [7, 11) is 0. The van der Waals surface area contributed by atoms with Gasteiger partial charge in [0.2, 0.25) is 23.6 Å². The van der Waals surface area contributed by atoms with Crippen molar-refractivity contribution in [1.29, 1.82) is 0 Å². The number of ether oxygens (including phenoxy) is 13. The van der Waals surface area contributed by atoms with Gasteiger partial charge in [-0.3, -0.25) is 19.2 Å². The van der Waals surface area contributed by atoms with Crippen LogP contribution in [0.2, 0.25) is 0 Å². The van der Waals surface area contributed by atoms with E-state index in [-0.39, 0.29) is 0 Å². The summed E-state index contributed by atoms with van der Waals surface area (Å²) >= 11 is 0. The van der Waals surface area contributed by atoms with Gasteiger partial charge in [0.15, 0.2) is 25.2 Å². The molecule has 0 bridgehead atoms. The van der Waals surface area contributed by atoms with Crippen molar-refractivity contribution >= 4 is 41.5 Å². The summed E-state index contributed by atoms with van der Waals surface area (Å²) in [6.07, 6.45) is -78.6. The lowest BCUT2D eigenvalue weighted by molar-refractivity contribution is -0.403. The van der Waals surface area contributed by atoms with Crippen LogP contribution < -0.4 is 21.3 Å². The van der Waals surface area contributed by atoms with E-state index in [2.05, 4.69) is 10.6 Å². The van der Waals surface area contributed by atoms with Crippen LogP contribution >= 0.6 is 0 Å². The van der Waals surface area contributed by atoms with E-state index < -0.39 is 352 Å². The number of aliphatic hydroxyl groups is 24. The van der Waals surface area contributed by atoms with Gasteiger partial charge in [0.1, 0.15) is 166 Å². The zero-order valence-corrected chi connectivity index (χ0v) is 57.9. The molecule has 0 unspecified atom stereocenters. The number of carboxylic acids is 3. The first-order valence-electron chi connectivity index (χ1n) is 33.8. The Bertz CT molecular complexity index is 3050. The monoisotopic (exact) mass is 1610 g/mol. The lowest BCUT2D eigenvalue weighted by atomic mass is 9.86. The van der Waals surface area contributed by atoms with Crippen molar-refractivity contribution < 1.29 is 233 Å². The second-order valence-electron chi connectivity index (χ2n) is 26.8. The van der Waals surface area contributed by atoms with Crippen LogP contribution in [0.5, 0.6) is 0 Å². The van der Waals surface area contributed by atoms with Gasteiger partial charge in [-0.05, 0) is 0 Å². The maximum Gasteiger partial charge on any atom is 0.364 e. The highest BCUT2D eigenvalue weighted by Crippen LogP contribution is 2.44. The van der Waals surface area contributed by atoms with Gasteiger partial charge >= 0.3 is 17.9 Å². The van der Waals surface area contributed by atoms with E-state index in [1.54, 1.807) is 0 Å². The van der Waals surface area contributed by atoms with Gasteiger partial charge in [0, 0.05) is 33.1 Å². The van der Waals surface area contributed by atoms with Crippen molar-refractivity contribution in [1.82, 2.24) is 21.3 Å². The highest BCUT2D eigenvalue weighted by atomic mass is 16.8. The lowest BCUT2D eigenvalue weighted by Crippen LogP contribution is -2.73.